The molecule has 0 spiro atoms. The lowest BCUT2D eigenvalue weighted by atomic mass is 10.2. The van der Waals surface area contributed by atoms with Crippen LogP contribution in [0, 0.1) is 11.6 Å². The zero-order valence-electron chi connectivity index (χ0n) is 9.29. The number of alkyl halides is 3. The van der Waals surface area contributed by atoms with Crippen molar-refractivity contribution in [3.63, 3.8) is 0 Å². The van der Waals surface area contributed by atoms with Crippen LogP contribution in [0.1, 0.15) is 5.56 Å². The Morgan fingerprint density at radius 2 is 1.63 bits per heavy atom. The first-order valence-electron chi connectivity index (χ1n) is 4.91. The molecule has 0 aliphatic rings. The van der Waals surface area contributed by atoms with Gasteiger partial charge in [0.05, 0.1) is 11.5 Å². The van der Waals surface area contributed by atoms with E-state index in [0.717, 1.165) is 18.2 Å². The standard InChI is InChI=1S/C10H9F5O3S/c11-7-2-1-3-8(12)6(7)4-19(17,18)5-9(16)10(13,14)15/h1-3,9,16H,4-5H2/t9-/m0/s1. The minimum atomic E-state index is -5.11. The predicted octanol–water partition coefficient (Wildman–Crippen LogP) is 1.80. The summed E-state index contributed by atoms with van der Waals surface area (Å²) < 4.78 is 85.1. The van der Waals surface area contributed by atoms with Crippen LogP contribution in [0.4, 0.5) is 22.0 Å². The van der Waals surface area contributed by atoms with Crippen LogP contribution in [0.25, 0.3) is 0 Å². The molecule has 0 aliphatic carbocycles. The van der Waals surface area contributed by atoms with Gasteiger partial charge in [-0.25, -0.2) is 17.2 Å². The second-order valence-corrected chi connectivity index (χ2v) is 5.92. The van der Waals surface area contributed by atoms with E-state index in [1.165, 1.54) is 0 Å². The molecule has 3 nitrogen and oxygen atoms in total. The van der Waals surface area contributed by atoms with Crippen molar-refractivity contribution in [2.75, 3.05) is 5.75 Å². The van der Waals surface area contributed by atoms with Gasteiger partial charge in [0.2, 0.25) is 0 Å². The second kappa shape index (κ2) is 5.41. The number of halogens is 5. The molecule has 0 aliphatic heterocycles. The van der Waals surface area contributed by atoms with Gasteiger partial charge in [0.25, 0.3) is 0 Å². The number of aliphatic hydroxyl groups excluding tert-OH is 1. The summed E-state index contributed by atoms with van der Waals surface area (Å²) in [4.78, 5) is 0. The first-order valence-corrected chi connectivity index (χ1v) is 6.73. The Balaban J connectivity index is 2.92. The molecule has 108 valence electrons. The molecule has 1 N–H and O–H groups in total. The van der Waals surface area contributed by atoms with E-state index in [4.69, 9.17) is 5.11 Å². The van der Waals surface area contributed by atoms with Gasteiger partial charge in [-0.05, 0) is 12.1 Å². The molecule has 0 amide bonds. The highest BCUT2D eigenvalue weighted by Gasteiger charge is 2.41. The Morgan fingerprint density at radius 3 is 2.05 bits per heavy atom. The average molecular weight is 304 g/mol. The minimum absolute atomic E-state index is 0.786. The number of hydrogen-bond acceptors (Lipinski definition) is 3. The molecule has 0 saturated heterocycles. The van der Waals surface area contributed by atoms with Crippen molar-refractivity contribution in [2.24, 2.45) is 0 Å². The van der Waals surface area contributed by atoms with E-state index in [9.17, 15) is 30.4 Å². The molecule has 0 unspecified atom stereocenters. The highest BCUT2D eigenvalue weighted by atomic mass is 32.2. The summed E-state index contributed by atoms with van der Waals surface area (Å²) >= 11 is 0. The fourth-order valence-electron chi connectivity index (χ4n) is 1.28. The quantitative estimate of drug-likeness (QED) is 0.863. The summed E-state index contributed by atoms with van der Waals surface area (Å²) in [7, 11) is -4.51. The van der Waals surface area contributed by atoms with E-state index in [1.807, 2.05) is 0 Å². The fraction of sp³-hybridized carbons (Fsp3) is 0.400. The summed E-state index contributed by atoms with van der Waals surface area (Å²) in [5.74, 6) is -5.25. The lowest BCUT2D eigenvalue weighted by Gasteiger charge is -2.14. The molecule has 1 rings (SSSR count). The highest BCUT2D eigenvalue weighted by Crippen LogP contribution is 2.23. The van der Waals surface area contributed by atoms with E-state index < -0.39 is 50.8 Å². The molecule has 9 heteroatoms. The lowest BCUT2D eigenvalue weighted by Crippen LogP contribution is -2.35. The number of benzene rings is 1. The smallest absolute Gasteiger partial charge is 0.383 e. The maximum Gasteiger partial charge on any atom is 0.415 e. The van der Waals surface area contributed by atoms with Crippen LogP contribution in [0.15, 0.2) is 18.2 Å². The Bertz CT molecular complexity index is 533. The third kappa shape index (κ3) is 4.43. The van der Waals surface area contributed by atoms with Crippen molar-refractivity contribution in [1.82, 2.24) is 0 Å². The third-order valence-corrected chi connectivity index (χ3v) is 3.77. The Morgan fingerprint density at radius 1 is 1.16 bits per heavy atom. The van der Waals surface area contributed by atoms with Crippen molar-refractivity contribution in [3.05, 3.63) is 35.4 Å². The van der Waals surface area contributed by atoms with Gasteiger partial charge in [-0.2, -0.15) is 13.2 Å². The van der Waals surface area contributed by atoms with E-state index in [1.54, 1.807) is 0 Å². The molecule has 0 aromatic heterocycles. The van der Waals surface area contributed by atoms with Crippen LogP contribution in [0.3, 0.4) is 0 Å². The van der Waals surface area contributed by atoms with Crippen molar-refractivity contribution < 1.29 is 35.5 Å². The van der Waals surface area contributed by atoms with Crippen LogP contribution >= 0.6 is 0 Å². The van der Waals surface area contributed by atoms with Crippen LogP contribution < -0.4 is 0 Å². The fourth-order valence-corrected chi connectivity index (χ4v) is 2.79. The van der Waals surface area contributed by atoms with Crippen LogP contribution in [-0.2, 0) is 15.6 Å². The molecule has 1 aromatic carbocycles. The lowest BCUT2D eigenvalue weighted by molar-refractivity contribution is -0.196. The molecule has 0 fully saturated rings. The average Bonchev–Trinajstić information content (AvgIpc) is 2.22. The zero-order valence-corrected chi connectivity index (χ0v) is 10.1. The normalized spacial score (nSPS) is 14.4. The maximum atomic E-state index is 13.2. The largest absolute Gasteiger partial charge is 0.415 e. The Labute approximate surface area is 105 Å². The topological polar surface area (TPSA) is 54.4 Å². The molecule has 0 radical (unpaired) electrons. The molecule has 0 saturated carbocycles. The molecule has 0 heterocycles. The number of rotatable bonds is 4. The first-order chi connectivity index (χ1) is 8.53. The number of sulfone groups is 1. The van der Waals surface area contributed by atoms with Gasteiger partial charge in [-0.3, -0.25) is 0 Å². The van der Waals surface area contributed by atoms with Crippen LogP contribution in [0.5, 0.6) is 0 Å². The summed E-state index contributed by atoms with van der Waals surface area (Å²) in [6.07, 6.45) is -8.20. The Kier molecular flexibility index (Phi) is 4.51. The van der Waals surface area contributed by atoms with E-state index >= 15 is 0 Å². The summed E-state index contributed by atoms with van der Waals surface area (Å²) in [5, 5.41) is 8.65. The maximum absolute atomic E-state index is 13.2. The highest BCUT2D eigenvalue weighted by molar-refractivity contribution is 7.90. The molecular formula is C10H9F5O3S. The first kappa shape index (κ1) is 15.8. The predicted molar refractivity (Wildman–Crippen MR) is 55.9 cm³/mol. The van der Waals surface area contributed by atoms with Crippen molar-refractivity contribution in [2.45, 2.75) is 18.0 Å². The molecular weight excluding hydrogens is 295 g/mol. The molecule has 1 aromatic rings. The SMILES string of the molecule is O=S(=O)(Cc1c(F)cccc1F)C[C@H](O)C(F)(F)F. The van der Waals surface area contributed by atoms with Crippen LogP contribution in [-0.4, -0.2) is 31.6 Å². The van der Waals surface area contributed by atoms with Gasteiger partial charge in [0.1, 0.15) is 11.6 Å². The van der Waals surface area contributed by atoms with E-state index in [0.29, 0.717) is 0 Å². The zero-order chi connectivity index (χ0) is 14.8. The van der Waals surface area contributed by atoms with Crippen molar-refractivity contribution >= 4 is 9.84 Å². The summed E-state index contributed by atoms with van der Waals surface area (Å²) in [6, 6.07) is 2.56. The van der Waals surface area contributed by atoms with Gasteiger partial charge in [0, 0.05) is 5.56 Å². The van der Waals surface area contributed by atoms with Gasteiger partial charge >= 0.3 is 6.18 Å². The number of hydrogen-bond donors (Lipinski definition) is 1. The van der Waals surface area contributed by atoms with E-state index in [2.05, 4.69) is 0 Å². The molecule has 0 bridgehead atoms. The molecule has 19 heavy (non-hydrogen) atoms. The Hall–Kier alpha value is -1.22. The summed E-state index contributed by atoms with van der Waals surface area (Å²) in [6.45, 7) is 0. The second-order valence-electron chi connectivity index (χ2n) is 3.81. The third-order valence-electron chi connectivity index (χ3n) is 2.22. The van der Waals surface area contributed by atoms with Gasteiger partial charge in [-0.1, -0.05) is 6.07 Å². The van der Waals surface area contributed by atoms with Crippen molar-refractivity contribution in [3.8, 4) is 0 Å². The van der Waals surface area contributed by atoms with Crippen LogP contribution in [0.2, 0.25) is 0 Å². The monoisotopic (exact) mass is 304 g/mol. The van der Waals surface area contributed by atoms with Gasteiger partial charge in [0.15, 0.2) is 15.9 Å². The van der Waals surface area contributed by atoms with Gasteiger partial charge in [-0.15, -0.1) is 0 Å². The molecule has 1 atom stereocenters. The minimum Gasteiger partial charge on any atom is -0.383 e. The summed E-state index contributed by atoms with van der Waals surface area (Å²) in [5.41, 5.74) is -0.850. The van der Waals surface area contributed by atoms with E-state index in [-0.39, 0.29) is 0 Å². The number of aliphatic hydroxyl groups is 1. The van der Waals surface area contributed by atoms with Crippen molar-refractivity contribution in [1.29, 1.82) is 0 Å². The van der Waals surface area contributed by atoms with Gasteiger partial charge < -0.3 is 5.11 Å².